The molecule has 0 aliphatic heterocycles. The van der Waals surface area contributed by atoms with E-state index in [4.69, 9.17) is 19.0 Å². The molecule has 2 aromatic heterocycles. The summed E-state index contributed by atoms with van der Waals surface area (Å²) in [5.41, 5.74) is -0.700. The van der Waals surface area contributed by atoms with Gasteiger partial charge in [0.2, 0.25) is 11.8 Å². The summed E-state index contributed by atoms with van der Waals surface area (Å²) in [6, 6.07) is 20.8. The predicted molar refractivity (Wildman–Crippen MR) is 136 cm³/mol. The molecule has 4 aromatic rings. The summed E-state index contributed by atoms with van der Waals surface area (Å²) < 4.78 is 11.4. The summed E-state index contributed by atoms with van der Waals surface area (Å²) in [7, 11) is 1.04. The number of aromatic nitrogens is 4. The maximum Gasteiger partial charge on any atom is 0.241 e. The maximum atomic E-state index is 5.72. The molecular formula is C25H30N4O2P2Pt. The van der Waals surface area contributed by atoms with Crippen LogP contribution in [0, 0.1) is 0 Å². The minimum atomic E-state index is -0.700. The maximum absolute atomic E-state index is 5.72. The molecule has 0 fully saturated rings. The first-order chi connectivity index (χ1) is 15.6. The quantitative estimate of drug-likeness (QED) is 0.238. The molecule has 6 nitrogen and oxygen atoms in total. The van der Waals surface area contributed by atoms with Gasteiger partial charge in [-0.1, -0.05) is 88.1 Å². The van der Waals surface area contributed by atoms with E-state index in [0.717, 1.165) is 0 Å². The smallest absolute Gasteiger partial charge is 0.241 e. The number of nitrogens with zero attached hydrogens (tertiary/aromatic N) is 4. The number of benzene rings is 2. The topological polar surface area (TPSA) is 77.8 Å². The van der Waals surface area contributed by atoms with Gasteiger partial charge in [-0.05, 0) is 52.2 Å². The van der Waals surface area contributed by atoms with Gasteiger partial charge in [0, 0.05) is 31.4 Å². The van der Waals surface area contributed by atoms with Crippen molar-refractivity contribution < 1.29 is 30.1 Å². The van der Waals surface area contributed by atoms with Crippen LogP contribution in [0.3, 0.4) is 0 Å². The van der Waals surface area contributed by atoms with Gasteiger partial charge in [-0.15, -0.1) is 0 Å². The Morgan fingerprint density at radius 3 is 1.29 bits per heavy atom. The fourth-order valence-electron chi connectivity index (χ4n) is 3.43. The molecule has 0 saturated heterocycles. The summed E-state index contributed by atoms with van der Waals surface area (Å²) in [6.45, 7) is 12.5. The van der Waals surface area contributed by atoms with Gasteiger partial charge in [-0.2, -0.15) is 9.97 Å². The first-order valence-electron chi connectivity index (χ1n) is 10.9. The van der Waals surface area contributed by atoms with Crippen LogP contribution in [-0.4, -0.2) is 20.3 Å². The van der Waals surface area contributed by atoms with Crippen molar-refractivity contribution in [3.05, 3.63) is 84.1 Å². The first-order valence-corrected chi connectivity index (χ1v) is 12.9. The van der Waals surface area contributed by atoms with Crippen LogP contribution in [0.5, 0.6) is 0 Å². The fraction of sp³-hybridized carbons (Fsp3) is 0.360. The molecule has 2 heterocycles. The van der Waals surface area contributed by atoms with Gasteiger partial charge in [0.15, 0.2) is 11.6 Å². The van der Waals surface area contributed by atoms with Crippen molar-refractivity contribution in [2.75, 3.05) is 0 Å². The minimum Gasteiger partial charge on any atom is -0.338 e. The van der Waals surface area contributed by atoms with E-state index >= 15 is 0 Å². The van der Waals surface area contributed by atoms with E-state index in [1.165, 1.54) is 10.6 Å². The molecule has 4 rings (SSSR count). The van der Waals surface area contributed by atoms with E-state index < -0.39 is 5.41 Å². The average Bonchev–Trinajstić information content (AvgIpc) is 3.46. The van der Waals surface area contributed by atoms with Gasteiger partial charge in [0.05, 0.1) is 0 Å². The van der Waals surface area contributed by atoms with E-state index in [1.807, 2.05) is 26.0 Å². The van der Waals surface area contributed by atoms with Crippen LogP contribution in [-0.2, 0) is 36.8 Å². The normalized spacial score (nSPS) is 13.1. The van der Waals surface area contributed by atoms with Crippen LogP contribution in [0.25, 0.3) is 0 Å². The van der Waals surface area contributed by atoms with Gasteiger partial charge < -0.3 is 9.05 Å². The Morgan fingerprint density at radius 2 is 0.941 bits per heavy atom. The Morgan fingerprint density at radius 1 is 0.588 bits per heavy atom. The Bertz CT molecular complexity index is 1110. The second-order valence-corrected chi connectivity index (χ2v) is 13.9. The minimum absolute atomic E-state index is 0. The van der Waals surface area contributed by atoms with Gasteiger partial charge in [-0.3, -0.25) is 0 Å². The Hall–Kier alpha value is -1.73. The van der Waals surface area contributed by atoms with Crippen molar-refractivity contribution in [1.82, 2.24) is 20.3 Å². The zero-order chi connectivity index (χ0) is 23.7. The molecule has 2 atom stereocenters. The third-order valence-electron chi connectivity index (χ3n) is 5.50. The first kappa shape index (κ1) is 26.9. The zero-order valence-electron chi connectivity index (χ0n) is 20.2. The molecule has 0 aliphatic rings. The van der Waals surface area contributed by atoms with Crippen LogP contribution < -0.4 is 10.6 Å². The van der Waals surface area contributed by atoms with E-state index in [1.54, 1.807) is 0 Å². The van der Waals surface area contributed by atoms with Crippen LogP contribution in [0.4, 0.5) is 0 Å². The molecule has 34 heavy (non-hydrogen) atoms. The van der Waals surface area contributed by atoms with Crippen molar-refractivity contribution in [2.45, 2.75) is 57.3 Å². The van der Waals surface area contributed by atoms with Crippen molar-refractivity contribution in [2.24, 2.45) is 0 Å². The Labute approximate surface area is 218 Å². The van der Waals surface area contributed by atoms with Gasteiger partial charge in [-0.25, -0.2) is 0 Å². The van der Waals surface area contributed by atoms with Crippen molar-refractivity contribution in [3.63, 3.8) is 0 Å². The average molecular weight is 676 g/mol. The molecule has 0 aliphatic carbocycles. The Balaban J connectivity index is 0.00000324. The third kappa shape index (κ3) is 5.90. The van der Waals surface area contributed by atoms with E-state index in [-0.39, 0.29) is 31.4 Å². The molecule has 0 spiro atoms. The zero-order valence-corrected chi connectivity index (χ0v) is 24.5. The molecule has 182 valence electrons. The standard InChI is InChI=1S/C25H30N4O2P2.Pt/c1-23(2,21-26-19(28-30-21)24(3,4)32-17-13-9-7-10-14-17)22-27-20(29-31-22)25(5,6)33-18-15-11-8-12-16-18;/h7-16,32-33H,1-6H3;. The molecule has 0 bridgehead atoms. The summed E-state index contributed by atoms with van der Waals surface area (Å²) in [5, 5.41) is 10.7. The molecule has 2 unspecified atom stereocenters. The summed E-state index contributed by atoms with van der Waals surface area (Å²) in [5.74, 6) is 2.31. The molecule has 0 amide bonds. The van der Waals surface area contributed by atoms with E-state index in [2.05, 4.69) is 86.5 Å². The van der Waals surface area contributed by atoms with Crippen LogP contribution in [0.15, 0.2) is 69.7 Å². The van der Waals surface area contributed by atoms with Gasteiger partial charge >= 0.3 is 0 Å². The summed E-state index contributed by atoms with van der Waals surface area (Å²) in [4.78, 5) is 9.54. The van der Waals surface area contributed by atoms with Gasteiger partial charge in [0.1, 0.15) is 5.41 Å². The predicted octanol–water partition coefficient (Wildman–Crippen LogP) is 5.25. The monoisotopic (exact) mass is 675 g/mol. The van der Waals surface area contributed by atoms with Crippen LogP contribution >= 0.6 is 17.2 Å². The molecule has 0 saturated carbocycles. The summed E-state index contributed by atoms with van der Waals surface area (Å²) in [6.07, 6.45) is 0. The van der Waals surface area contributed by atoms with E-state index in [0.29, 0.717) is 40.6 Å². The number of hydrogen-bond acceptors (Lipinski definition) is 6. The summed E-state index contributed by atoms with van der Waals surface area (Å²) >= 11 is 0. The second kappa shape index (κ2) is 10.5. The second-order valence-electron chi connectivity index (χ2n) is 9.70. The number of hydrogen-bond donors (Lipinski definition) is 0. The van der Waals surface area contributed by atoms with Gasteiger partial charge in [0.25, 0.3) is 0 Å². The number of rotatable bonds is 8. The largest absolute Gasteiger partial charge is 0.338 e. The van der Waals surface area contributed by atoms with Crippen LogP contribution in [0.1, 0.15) is 65.0 Å². The molecule has 9 heteroatoms. The van der Waals surface area contributed by atoms with Crippen molar-refractivity contribution >= 4 is 27.8 Å². The van der Waals surface area contributed by atoms with Crippen LogP contribution in [0.2, 0.25) is 0 Å². The van der Waals surface area contributed by atoms with Crippen molar-refractivity contribution in [1.29, 1.82) is 0 Å². The third-order valence-corrected chi connectivity index (χ3v) is 8.44. The Kier molecular flexibility index (Phi) is 8.29. The molecule has 0 N–H and O–H groups in total. The van der Waals surface area contributed by atoms with E-state index in [9.17, 15) is 0 Å². The molecule has 0 radical (unpaired) electrons. The SMILES string of the molecule is CC(C)(Pc1ccccc1)c1noc(C(C)(C)c2nc(C(C)(C)Pc3ccccc3)no2)n1.[Pt]. The fourth-order valence-corrected chi connectivity index (χ4v) is 6.02. The molecule has 2 aromatic carbocycles. The van der Waals surface area contributed by atoms with Crippen molar-refractivity contribution in [3.8, 4) is 0 Å². The molecular weight excluding hydrogens is 645 g/mol.